The number of aliphatic hydroxyl groups excluding tert-OH is 1. The van der Waals surface area contributed by atoms with Gasteiger partial charge in [-0.15, -0.1) is 0 Å². The van der Waals surface area contributed by atoms with Crippen molar-refractivity contribution in [1.82, 2.24) is 5.32 Å². The van der Waals surface area contributed by atoms with Crippen LogP contribution in [0.5, 0.6) is 0 Å². The molecule has 2 rings (SSSR count). The number of amides is 1. The standard InChI is InChI=1S/C13H13NO3/c15-8-11-3-1-10(2-4-11)7-14-13(16)12-5-6-17-9-12/h1-6,9,15H,7-8H2,(H,14,16). The fourth-order valence-corrected chi connectivity index (χ4v) is 1.44. The van der Waals surface area contributed by atoms with E-state index in [-0.39, 0.29) is 12.5 Å². The van der Waals surface area contributed by atoms with Crippen LogP contribution >= 0.6 is 0 Å². The van der Waals surface area contributed by atoms with E-state index in [1.807, 2.05) is 24.3 Å². The van der Waals surface area contributed by atoms with E-state index in [0.29, 0.717) is 12.1 Å². The third kappa shape index (κ3) is 2.95. The van der Waals surface area contributed by atoms with Crippen LogP contribution in [0.15, 0.2) is 47.3 Å². The summed E-state index contributed by atoms with van der Waals surface area (Å²) in [6.45, 7) is 0.484. The number of furan rings is 1. The number of carbonyl (C=O) groups is 1. The Balaban J connectivity index is 1.91. The molecule has 0 aliphatic carbocycles. The Morgan fingerprint density at radius 1 is 1.18 bits per heavy atom. The first-order valence-electron chi connectivity index (χ1n) is 5.28. The van der Waals surface area contributed by atoms with Crippen molar-refractivity contribution in [3.63, 3.8) is 0 Å². The molecule has 88 valence electrons. The summed E-state index contributed by atoms with van der Waals surface area (Å²) in [5.41, 5.74) is 2.35. The van der Waals surface area contributed by atoms with Gasteiger partial charge in [0.1, 0.15) is 6.26 Å². The van der Waals surface area contributed by atoms with E-state index in [1.165, 1.54) is 12.5 Å². The molecule has 0 radical (unpaired) electrons. The lowest BCUT2D eigenvalue weighted by molar-refractivity contribution is 0.0950. The summed E-state index contributed by atoms with van der Waals surface area (Å²) >= 11 is 0. The number of aliphatic hydroxyl groups is 1. The molecule has 1 heterocycles. The summed E-state index contributed by atoms with van der Waals surface area (Å²) in [6.07, 6.45) is 2.87. The number of nitrogens with one attached hydrogen (secondary N) is 1. The van der Waals surface area contributed by atoms with Gasteiger partial charge in [0.2, 0.25) is 0 Å². The Hall–Kier alpha value is -2.07. The Morgan fingerprint density at radius 3 is 2.47 bits per heavy atom. The van der Waals surface area contributed by atoms with Gasteiger partial charge in [0.25, 0.3) is 5.91 Å². The Morgan fingerprint density at radius 2 is 1.88 bits per heavy atom. The lowest BCUT2D eigenvalue weighted by Gasteiger charge is -2.04. The molecule has 0 aliphatic heterocycles. The zero-order valence-electron chi connectivity index (χ0n) is 9.22. The Labute approximate surface area is 98.9 Å². The summed E-state index contributed by atoms with van der Waals surface area (Å²) in [5, 5.41) is 11.7. The van der Waals surface area contributed by atoms with Gasteiger partial charge in [-0.05, 0) is 17.2 Å². The van der Waals surface area contributed by atoms with Crippen LogP contribution in [0.1, 0.15) is 21.5 Å². The molecule has 0 aliphatic rings. The predicted octanol–water partition coefficient (Wildman–Crippen LogP) is 1.70. The van der Waals surface area contributed by atoms with Gasteiger partial charge in [-0.25, -0.2) is 0 Å². The molecule has 4 heteroatoms. The monoisotopic (exact) mass is 231 g/mol. The van der Waals surface area contributed by atoms with E-state index in [4.69, 9.17) is 9.52 Å². The van der Waals surface area contributed by atoms with Gasteiger partial charge >= 0.3 is 0 Å². The zero-order valence-corrected chi connectivity index (χ0v) is 9.22. The van der Waals surface area contributed by atoms with E-state index >= 15 is 0 Å². The van der Waals surface area contributed by atoms with E-state index < -0.39 is 0 Å². The van der Waals surface area contributed by atoms with Crippen molar-refractivity contribution in [2.75, 3.05) is 0 Å². The maximum Gasteiger partial charge on any atom is 0.254 e. The van der Waals surface area contributed by atoms with Crippen LogP contribution in [0.25, 0.3) is 0 Å². The maximum absolute atomic E-state index is 11.6. The van der Waals surface area contributed by atoms with Crippen molar-refractivity contribution in [3.05, 3.63) is 59.5 Å². The first-order chi connectivity index (χ1) is 8.29. The molecular formula is C13H13NO3. The van der Waals surface area contributed by atoms with Crippen molar-refractivity contribution in [2.45, 2.75) is 13.2 Å². The number of carbonyl (C=O) groups excluding carboxylic acids is 1. The summed E-state index contributed by atoms with van der Waals surface area (Å²) < 4.78 is 4.83. The van der Waals surface area contributed by atoms with Crippen LogP contribution < -0.4 is 5.32 Å². The van der Waals surface area contributed by atoms with Gasteiger partial charge in [0, 0.05) is 6.54 Å². The summed E-state index contributed by atoms with van der Waals surface area (Å²) in [6, 6.07) is 9.03. The topological polar surface area (TPSA) is 62.5 Å². The highest BCUT2D eigenvalue weighted by molar-refractivity contribution is 5.93. The van der Waals surface area contributed by atoms with E-state index in [1.54, 1.807) is 6.07 Å². The van der Waals surface area contributed by atoms with Crippen LogP contribution in [0, 0.1) is 0 Å². The summed E-state index contributed by atoms with van der Waals surface area (Å²) in [5.74, 6) is -0.162. The molecule has 0 unspecified atom stereocenters. The molecule has 17 heavy (non-hydrogen) atoms. The lowest BCUT2D eigenvalue weighted by Crippen LogP contribution is -2.22. The first-order valence-corrected chi connectivity index (χ1v) is 5.28. The SMILES string of the molecule is O=C(NCc1ccc(CO)cc1)c1ccoc1. The molecule has 1 aromatic carbocycles. The molecule has 4 nitrogen and oxygen atoms in total. The molecule has 0 atom stereocenters. The van der Waals surface area contributed by atoms with E-state index in [9.17, 15) is 4.79 Å². The molecule has 1 aromatic heterocycles. The van der Waals surface area contributed by atoms with Gasteiger partial charge in [0.15, 0.2) is 0 Å². The molecule has 0 fully saturated rings. The van der Waals surface area contributed by atoms with E-state index in [2.05, 4.69) is 5.32 Å². The van der Waals surface area contributed by atoms with Crippen molar-refractivity contribution in [2.24, 2.45) is 0 Å². The average Bonchev–Trinajstić information content (AvgIpc) is 2.90. The molecule has 2 N–H and O–H groups in total. The predicted molar refractivity (Wildman–Crippen MR) is 62.2 cm³/mol. The quantitative estimate of drug-likeness (QED) is 0.841. The fourth-order valence-electron chi connectivity index (χ4n) is 1.44. The normalized spacial score (nSPS) is 10.2. The molecule has 0 saturated heterocycles. The van der Waals surface area contributed by atoms with Crippen molar-refractivity contribution in [1.29, 1.82) is 0 Å². The molecule has 0 spiro atoms. The van der Waals surface area contributed by atoms with Gasteiger partial charge in [-0.3, -0.25) is 4.79 Å². The summed E-state index contributed by atoms with van der Waals surface area (Å²) in [7, 11) is 0. The highest BCUT2D eigenvalue weighted by Crippen LogP contribution is 2.05. The third-order valence-corrected chi connectivity index (χ3v) is 2.44. The second-order valence-corrected chi connectivity index (χ2v) is 3.67. The van der Waals surface area contributed by atoms with Gasteiger partial charge in [-0.2, -0.15) is 0 Å². The third-order valence-electron chi connectivity index (χ3n) is 2.44. The van der Waals surface area contributed by atoms with Crippen LogP contribution in [0.3, 0.4) is 0 Å². The molecule has 0 saturated carbocycles. The number of hydrogen-bond donors (Lipinski definition) is 2. The van der Waals surface area contributed by atoms with E-state index in [0.717, 1.165) is 11.1 Å². The average molecular weight is 231 g/mol. The van der Waals surface area contributed by atoms with Crippen molar-refractivity contribution >= 4 is 5.91 Å². The number of hydrogen-bond acceptors (Lipinski definition) is 3. The van der Waals surface area contributed by atoms with Gasteiger partial charge in [-0.1, -0.05) is 24.3 Å². The maximum atomic E-state index is 11.6. The highest BCUT2D eigenvalue weighted by Gasteiger charge is 2.05. The van der Waals surface area contributed by atoms with Crippen LogP contribution in [0.2, 0.25) is 0 Å². The van der Waals surface area contributed by atoms with Gasteiger partial charge < -0.3 is 14.8 Å². The minimum absolute atomic E-state index is 0.0294. The minimum Gasteiger partial charge on any atom is -0.472 e. The number of rotatable bonds is 4. The van der Waals surface area contributed by atoms with Crippen molar-refractivity contribution in [3.8, 4) is 0 Å². The molecule has 2 aromatic rings. The second-order valence-electron chi connectivity index (χ2n) is 3.67. The van der Waals surface area contributed by atoms with Gasteiger partial charge in [0.05, 0.1) is 18.4 Å². The van der Waals surface area contributed by atoms with Crippen molar-refractivity contribution < 1.29 is 14.3 Å². The smallest absolute Gasteiger partial charge is 0.254 e. The molecule has 0 bridgehead atoms. The highest BCUT2D eigenvalue weighted by atomic mass is 16.3. The molecular weight excluding hydrogens is 218 g/mol. The molecule has 1 amide bonds. The Kier molecular flexibility index (Phi) is 3.57. The Bertz CT molecular complexity index is 474. The summed E-state index contributed by atoms with van der Waals surface area (Å²) in [4.78, 5) is 11.6. The zero-order chi connectivity index (χ0) is 12.1. The minimum atomic E-state index is -0.162. The van der Waals surface area contributed by atoms with Crippen LogP contribution in [-0.2, 0) is 13.2 Å². The second kappa shape index (κ2) is 5.32. The lowest BCUT2D eigenvalue weighted by atomic mass is 10.1. The van der Waals surface area contributed by atoms with Crippen LogP contribution in [0.4, 0.5) is 0 Å². The number of benzene rings is 1. The van der Waals surface area contributed by atoms with Crippen LogP contribution in [-0.4, -0.2) is 11.0 Å². The first kappa shape index (κ1) is 11.4. The largest absolute Gasteiger partial charge is 0.472 e. The fraction of sp³-hybridized carbons (Fsp3) is 0.154.